The van der Waals surface area contributed by atoms with E-state index in [1.54, 1.807) is 6.92 Å². The van der Waals surface area contributed by atoms with Crippen LogP contribution in [0.5, 0.6) is 5.75 Å². The number of imide groups is 1. The average Bonchev–Trinajstić information content (AvgIpc) is 2.90. The zero-order valence-corrected chi connectivity index (χ0v) is 18.2. The van der Waals surface area contributed by atoms with Crippen LogP contribution >= 0.6 is 0 Å². The highest BCUT2D eigenvalue weighted by Crippen LogP contribution is 2.29. The van der Waals surface area contributed by atoms with Crippen molar-refractivity contribution in [1.82, 2.24) is 10.2 Å². The first-order chi connectivity index (χ1) is 14.0. The molecule has 2 aromatic rings. The molecule has 0 bridgehead atoms. The zero-order valence-electron chi connectivity index (χ0n) is 18.2. The number of nitrogens with one attached hydrogen (secondary N) is 1. The van der Waals surface area contributed by atoms with Crippen molar-refractivity contribution in [2.45, 2.75) is 51.7 Å². The van der Waals surface area contributed by atoms with Crippen LogP contribution in [0.2, 0.25) is 0 Å². The minimum Gasteiger partial charge on any atom is -0.491 e. The molecule has 0 unspecified atom stereocenters. The van der Waals surface area contributed by atoms with Gasteiger partial charge < -0.3 is 15.2 Å². The summed E-state index contributed by atoms with van der Waals surface area (Å²) in [5, 5.41) is 13.1. The van der Waals surface area contributed by atoms with Crippen LogP contribution in [0.4, 0.5) is 4.79 Å². The second kappa shape index (κ2) is 8.11. The average molecular weight is 411 g/mol. The standard InChI is InChI=1S/C24H30N2O4/c1-16-6-8-18(9-7-16)24(5)21(28)26(22(29)25-24)14-19(27)15-30-20-12-10-17(11-13-20)23(2,3)4/h6-13,19,27H,14-15H2,1-5H3,(H,25,29)/t19-,24-/m1/s1. The number of carbonyl (C=O) groups is 2. The first-order valence-electron chi connectivity index (χ1n) is 10.1. The molecule has 1 fully saturated rings. The number of carbonyl (C=O) groups excluding carboxylic acids is 2. The summed E-state index contributed by atoms with van der Waals surface area (Å²) in [5.74, 6) is 0.244. The molecule has 6 nitrogen and oxygen atoms in total. The molecule has 3 amide bonds. The van der Waals surface area contributed by atoms with Crippen molar-refractivity contribution >= 4 is 11.9 Å². The molecule has 2 N–H and O–H groups in total. The van der Waals surface area contributed by atoms with E-state index in [1.165, 1.54) is 5.56 Å². The fraction of sp³-hybridized carbons (Fsp3) is 0.417. The van der Waals surface area contributed by atoms with E-state index in [9.17, 15) is 14.7 Å². The second-order valence-electron chi connectivity index (χ2n) is 9.08. The lowest BCUT2D eigenvalue weighted by Crippen LogP contribution is -2.42. The van der Waals surface area contributed by atoms with Crippen LogP contribution in [0.15, 0.2) is 48.5 Å². The van der Waals surface area contributed by atoms with Crippen molar-refractivity contribution < 1.29 is 19.4 Å². The van der Waals surface area contributed by atoms with E-state index < -0.39 is 17.7 Å². The smallest absolute Gasteiger partial charge is 0.325 e. The van der Waals surface area contributed by atoms with Crippen molar-refractivity contribution in [3.63, 3.8) is 0 Å². The summed E-state index contributed by atoms with van der Waals surface area (Å²) in [6.07, 6.45) is -0.998. The van der Waals surface area contributed by atoms with Gasteiger partial charge in [0.05, 0.1) is 6.54 Å². The van der Waals surface area contributed by atoms with Gasteiger partial charge in [-0.05, 0) is 42.5 Å². The molecule has 0 radical (unpaired) electrons. The Kier molecular flexibility index (Phi) is 5.90. The van der Waals surface area contributed by atoms with Crippen molar-refractivity contribution in [3.05, 3.63) is 65.2 Å². The minimum atomic E-state index is -1.14. The summed E-state index contributed by atoms with van der Waals surface area (Å²) in [7, 11) is 0. The van der Waals surface area contributed by atoms with Crippen molar-refractivity contribution in [3.8, 4) is 5.75 Å². The Bertz CT molecular complexity index is 916. The lowest BCUT2D eigenvalue weighted by Gasteiger charge is -2.23. The molecule has 2 atom stereocenters. The summed E-state index contributed by atoms with van der Waals surface area (Å²) >= 11 is 0. The van der Waals surface area contributed by atoms with Crippen LogP contribution in [0, 0.1) is 6.92 Å². The molecule has 6 heteroatoms. The quantitative estimate of drug-likeness (QED) is 0.715. The van der Waals surface area contributed by atoms with Gasteiger partial charge in [-0.25, -0.2) is 4.79 Å². The Labute approximate surface area is 177 Å². The summed E-state index contributed by atoms with van der Waals surface area (Å²) < 4.78 is 5.65. The molecule has 30 heavy (non-hydrogen) atoms. The van der Waals surface area contributed by atoms with Gasteiger partial charge in [0.1, 0.15) is 24.0 Å². The van der Waals surface area contributed by atoms with E-state index in [-0.39, 0.29) is 24.5 Å². The lowest BCUT2D eigenvalue weighted by molar-refractivity contribution is -0.132. The van der Waals surface area contributed by atoms with Crippen molar-refractivity contribution in [2.75, 3.05) is 13.2 Å². The SMILES string of the molecule is Cc1ccc([C@@]2(C)NC(=O)N(C[C@@H](O)COc3ccc(C(C)(C)C)cc3)C2=O)cc1. The molecule has 0 spiro atoms. The zero-order chi connectivity index (χ0) is 22.1. The number of amides is 3. The molecule has 1 aliphatic rings. The van der Waals surface area contributed by atoms with E-state index in [2.05, 4.69) is 26.1 Å². The van der Waals surface area contributed by atoms with Crippen molar-refractivity contribution in [1.29, 1.82) is 0 Å². The molecule has 1 heterocycles. The maximum atomic E-state index is 13.0. The Morgan fingerprint density at radius 3 is 2.23 bits per heavy atom. The molecule has 3 rings (SSSR count). The highest BCUT2D eigenvalue weighted by molar-refractivity contribution is 6.07. The summed E-state index contributed by atoms with van der Waals surface area (Å²) in [6, 6.07) is 14.6. The van der Waals surface area contributed by atoms with Gasteiger partial charge in [0.25, 0.3) is 5.91 Å². The first-order valence-corrected chi connectivity index (χ1v) is 10.1. The number of benzene rings is 2. The maximum Gasteiger partial charge on any atom is 0.325 e. The largest absolute Gasteiger partial charge is 0.491 e. The summed E-state index contributed by atoms with van der Waals surface area (Å²) in [4.78, 5) is 26.4. The number of urea groups is 1. The topological polar surface area (TPSA) is 78.9 Å². The third-order valence-electron chi connectivity index (χ3n) is 5.46. The molecule has 0 aliphatic carbocycles. The molecular formula is C24H30N2O4. The number of hydrogen-bond acceptors (Lipinski definition) is 4. The van der Waals surface area contributed by atoms with Crippen LogP contribution in [0.3, 0.4) is 0 Å². The van der Waals surface area contributed by atoms with E-state index in [4.69, 9.17) is 4.74 Å². The molecule has 0 saturated carbocycles. The molecule has 1 saturated heterocycles. The highest BCUT2D eigenvalue weighted by atomic mass is 16.5. The van der Waals surface area contributed by atoms with Crippen LogP contribution in [0.25, 0.3) is 0 Å². The number of ether oxygens (including phenoxy) is 1. The molecule has 160 valence electrons. The summed E-state index contributed by atoms with van der Waals surface area (Å²) in [6.45, 7) is 9.89. The van der Waals surface area contributed by atoms with E-state index in [0.717, 1.165) is 10.5 Å². The van der Waals surface area contributed by atoms with Crippen LogP contribution in [-0.4, -0.2) is 41.2 Å². The van der Waals surface area contributed by atoms with Crippen molar-refractivity contribution in [2.24, 2.45) is 0 Å². The van der Waals surface area contributed by atoms with Gasteiger partial charge in [0.2, 0.25) is 0 Å². The highest BCUT2D eigenvalue weighted by Gasteiger charge is 2.49. The van der Waals surface area contributed by atoms with Gasteiger partial charge in [-0.15, -0.1) is 0 Å². The number of nitrogens with zero attached hydrogens (tertiary/aromatic N) is 1. The van der Waals surface area contributed by atoms with E-state index in [0.29, 0.717) is 11.3 Å². The Hall–Kier alpha value is -2.86. The van der Waals surface area contributed by atoms with Crippen LogP contribution in [0.1, 0.15) is 44.4 Å². The lowest BCUT2D eigenvalue weighted by atomic mass is 9.87. The summed E-state index contributed by atoms with van der Waals surface area (Å²) in [5.41, 5.74) is 1.86. The number of β-amino-alcohol motifs (C(OH)–C–C–N with tert-alkyl or cyclic N) is 1. The van der Waals surface area contributed by atoms with E-state index >= 15 is 0 Å². The molecule has 1 aliphatic heterocycles. The fourth-order valence-corrected chi connectivity index (χ4v) is 3.45. The predicted molar refractivity (Wildman–Crippen MR) is 115 cm³/mol. The maximum absolute atomic E-state index is 13.0. The van der Waals surface area contributed by atoms with Gasteiger partial charge in [-0.2, -0.15) is 0 Å². The predicted octanol–water partition coefficient (Wildman–Crippen LogP) is 3.50. The number of aryl methyl sites for hydroxylation is 1. The van der Waals surface area contributed by atoms with Gasteiger partial charge in [-0.1, -0.05) is 62.7 Å². The van der Waals surface area contributed by atoms with Gasteiger partial charge in [0, 0.05) is 0 Å². The monoisotopic (exact) mass is 410 g/mol. The third kappa shape index (κ3) is 4.49. The first kappa shape index (κ1) is 21.8. The molecular weight excluding hydrogens is 380 g/mol. The fourth-order valence-electron chi connectivity index (χ4n) is 3.45. The van der Waals surface area contributed by atoms with Gasteiger partial charge >= 0.3 is 6.03 Å². The van der Waals surface area contributed by atoms with Gasteiger partial charge in [0.15, 0.2) is 0 Å². The molecule has 2 aromatic carbocycles. The minimum absolute atomic E-state index is 0.0207. The Balaban J connectivity index is 1.61. The second-order valence-corrected chi connectivity index (χ2v) is 9.08. The third-order valence-corrected chi connectivity index (χ3v) is 5.46. The Morgan fingerprint density at radius 2 is 1.67 bits per heavy atom. The normalized spacial score (nSPS) is 20.3. The van der Waals surface area contributed by atoms with Gasteiger partial charge in [-0.3, -0.25) is 9.69 Å². The number of hydrogen-bond donors (Lipinski definition) is 2. The number of rotatable bonds is 6. The van der Waals surface area contributed by atoms with Crippen LogP contribution < -0.4 is 10.1 Å². The Morgan fingerprint density at radius 1 is 1.07 bits per heavy atom. The van der Waals surface area contributed by atoms with E-state index in [1.807, 2.05) is 55.5 Å². The molecule has 0 aromatic heterocycles. The number of aliphatic hydroxyl groups is 1. The number of aliphatic hydroxyl groups excluding tert-OH is 1. The van der Waals surface area contributed by atoms with Crippen LogP contribution in [-0.2, 0) is 15.7 Å².